The molecule has 9 aromatic rings. The van der Waals surface area contributed by atoms with Crippen LogP contribution in [-0.2, 0) is 21.7 Å². The summed E-state index contributed by atoms with van der Waals surface area (Å²) in [4.78, 5) is 7.65. The average molecular weight is 950 g/mol. The van der Waals surface area contributed by atoms with Crippen molar-refractivity contribution in [1.29, 1.82) is 0 Å². The van der Waals surface area contributed by atoms with Crippen molar-refractivity contribution in [2.75, 3.05) is 14.7 Å². The minimum absolute atomic E-state index is 0.00707. The number of benzene rings is 9. The third-order valence-electron chi connectivity index (χ3n) is 15.6. The molecule has 0 unspecified atom stereocenters. The van der Waals surface area contributed by atoms with Crippen LogP contribution in [0.15, 0.2) is 212 Å². The zero-order valence-corrected chi connectivity index (χ0v) is 44.6. The topological polar surface area (TPSA) is 9.72 Å². The van der Waals surface area contributed by atoms with E-state index in [0.717, 1.165) is 28.4 Å². The van der Waals surface area contributed by atoms with Crippen molar-refractivity contribution < 1.29 is 0 Å². The molecule has 0 N–H and O–H groups in total. The molecule has 0 saturated carbocycles. The molecule has 362 valence electrons. The number of anilines is 9. The fraction of sp³-hybridized carbons (Fsp3) is 0.217. The van der Waals surface area contributed by atoms with E-state index in [1.807, 2.05) is 0 Å². The lowest BCUT2D eigenvalue weighted by Gasteiger charge is -2.46. The second kappa shape index (κ2) is 17.9. The molecule has 0 spiro atoms. The lowest BCUT2D eigenvalue weighted by Crippen LogP contribution is -2.61. The lowest BCUT2D eigenvalue weighted by molar-refractivity contribution is 0.590. The van der Waals surface area contributed by atoms with Crippen molar-refractivity contribution >= 4 is 74.3 Å². The van der Waals surface area contributed by atoms with Crippen molar-refractivity contribution in [3.8, 4) is 11.1 Å². The van der Waals surface area contributed by atoms with Crippen LogP contribution < -0.4 is 31.1 Å². The third-order valence-corrected chi connectivity index (χ3v) is 15.6. The van der Waals surface area contributed by atoms with E-state index >= 15 is 0 Å². The van der Waals surface area contributed by atoms with Gasteiger partial charge in [-0.3, -0.25) is 0 Å². The van der Waals surface area contributed by atoms with Crippen molar-refractivity contribution in [2.24, 2.45) is 0 Å². The van der Waals surface area contributed by atoms with Crippen molar-refractivity contribution in [1.82, 2.24) is 0 Å². The van der Waals surface area contributed by atoms with E-state index < -0.39 is 0 Å². The lowest BCUT2D eigenvalue weighted by atomic mass is 9.33. The molecule has 9 aromatic carbocycles. The van der Waals surface area contributed by atoms with E-state index in [-0.39, 0.29) is 28.4 Å². The normalized spacial score (nSPS) is 13.3. The van der Waals surface area contributed by atoms with Crippen LogP contribution in [0, 0.1) is 0 Å². The fourth-order valence-electron chi connectivity index (χ4n) is 11.3. The molecule has 0 radical (unpaired) electrons. The Hall–Kier alpha value is -7.56. The Labute approximate surface area is 435 Å². The van der Waals surface area contributed by atoms with E-state index in [4.69, 9.17) is 0 Å². The molecule has 73 heavy (non-hydrogen) atoms. The van der Waals surface area contributed by atoms with Gasteiger partial charge in [-0.1, -0.05) is 216 Å². The Kier molecular flexibility index (Phi) is 11.7. The molecule has 0 aromatic heterocycles. The van der Waals surface area contributed by atoms with Crippen molar-refractivity contribution in [3.05, 3.63) is 240 Å². The molecule has 0 fully saturated rings. The maximum Gasteiger partial charge on any atom is 0.252 e. The van der Waals surface area contributed by atoms with Gasteiger partial charge in [0.05, 0.1) is 11.4 Å². The smallest absolute Gasteiger partial charge is 0.252 e. The molecular formula is C69H68BN3. The monoisotopic (exact) mass is 950 g/mol. The standard InChI is InChI=1S/C69H68BN3/c1-66(2,3)48-32-37-55(38-33-48)72-61-41-36-51(68(7,8)9)43-59(61)70-58-39-34-52(69(10,11)49-26-18-13-19-27-49)44-62(58)73(60-40-35-50(67(4,5)6)42-57(60)47-24-16-12-17-25-47)64-46-56(45-63(72)65(64)70)71(53-28-20-14-21-29-53)54-30-22-15-23-31-54/h12-46H,1-11H3. The second-order valence-electron chi connectivity index (χ2n) is 23.9. The number of hydrogen-bond donors (Lipinski definition) is 0. The highest BCUT2D eigenvalue weighted by atomic mass is 15.2. The Morgan fingerprint density at radius 3 is 1.37 bits per heavy atom. The predicted octanol–water partition coefficient (Wildman–Crippen LogP) is 17.1. The number of nitrogens with zero attached hydrogens (tertiary/aromatic N) is 3. The molecule has 11 rings (SSSR count). The van der Waals surface area contributed by atoms with Gasteiger partial charge in [-0.25, -0.2) is 0 Å². The number of hydrogen-bond acceptors (Lipinski definition) is 3. The molecule has 2 heterocycles. The summed E-state index contributed by atoms with van der Waals surface area (Å²) < 4.78 is 0. The van der Waals surface area contributed by atoms with Gasteiger partial charge in [0, 0.05) is 50.8 Å². The summed E-state index contributed by atoms with van der Waals surface area (Å²) in [5, 5.41) is 0. The first-order valence-corrected chi connectivity index (χ1v) is 26.2. The SMILES string of the molecule is CC(C)(C)c1ccc(N2c3ccc(C(C)(C)C)cc3B3c4ccc(C(C)(C)c5ccccc5)cc4N(c4ccc(C(C)(C)C)cc4-c4ccccc4)c4cc(N(c5ccccc5)c5ccccc5)cc2c43)cc1. The van der Waals surface area contributed by atoms with Crippen LogP contribution in [0.5, 0.6) is 0 Å². The van der Waals surface area contributed by atoms with Gasteiger partial charge in [0.15, 0.2) is 0 Å². The maximum atomic E-state index is 2.64. The van der Waals surface area contributed by atoms with Gasteiger partial charge in [0.2, 0.25) is 0 Å². The van der Waals surface area contributed by atoms with E-state index in [0.29, 0.717) is 0 Å². The minimum atomic E-state index is -0.287. The molecule has 4 heteroatoms. The van der Waals surface area contributed by atoms with Crippen LogP contribution in [0.1, 0.15) is 104 Å². The molecule has 2 aliphatic rings. The summed E-state index contributed by atoms with van der Waals surface area (Å²) in [6, 6.07) is 80.1. The Bertz CT molecular complexity index is 3430. The Morgan fingerprint density at radius 1 is 0.329 bits per heavy atom. The first-order chi connectivity index (χ1) is 34.9. The number of para-hydroxylation sites is 2. The minimum Gasteiger partial charge on any atom is -0.311 e. The number of rotatable bonds is 8. The first kappa shape index (κ1) is 47.8. The van der Waals surface area contributed by atoms with E-state index in [1.165, 1.54) is 78.1 Å². The molecule has 0 atom stereocenters. The van der Waals surface area contributed by atoms with Crippen molar-refractivity contribution in [3.63, 3.8) is 0 Å². The van der Waals surface area contributed by atoms with Crippen LogP contribution in [0.2, 0.25) is 0 Å². The van der Waals surface area contributed by atoms with Crippen LogP contribution in [0.4, 0.5) is 51.2 Å². The van der Waals surface area contributed by atoms with Gasteiger partial charge in [0.1, 0.15) is 0 Å². The quantitative estimate of drug-likeness (QED) is 0.141. The summed E-state index contributed by atoms with van der Waals surface area (Å²) in [7, 11) is 0. The maximum absolute atomic E-state index is 2.64. The largest absolute Gasteiger partial charge is 0.311 e. The zero-order valence-electron chi connectivity index (χ0n) is 44.6. The van der Waals surface area contributed by atoms with Gasteiger partial charge in [-0.05, 0) is 139 Å². The van der Waals surface area contributed by atoms with Crippen LogP contribution >= 0.6 is 0 Å². The molecular weight excluding hydrogens is 882 g/mol. The molecule has 0 saturated heterocycles. The number of fused-ring (bicyclic) bond motifs is 4. The summed E-state index contributed by atoms with van der Waals surface area (Å²) in [6.45, 7) is 25.6. The van der Waals surface area contributed by atoms with Gasteiger partial charge < -0.3 is 14.7 Å². The second-order valence-corrected chi connectivity index (χ2v) is 23.9. The highest BCUT2D eigenvalue weighted by Crippen LogP contribution is 2.51. The van der Waals surface area contributed by atoms with Gasteiger partial charge in [-0.15, -0.1) is 0 Å². The predicted molar refractivity (Wildman–Crippen MR) is 315 cm³/mol. The average Bonchev–Trinajstić information content (AvgIpc) is 3.39. The first-order valence-electron chi connectivity index (χ1n) is 26.2. The molecule has 2 aliphatic heterocycles. The summed E-state index contributed by atoms with van der Waals surface area (Å²) in [6.07, 6.45) is 0. The molecule has 3 nitrogen and oxygen atoms in total. The van der Waals surface area contributed by atoms with Crippen molar-refractivity contribution in [2.45, 2.75) is 97.8 Å². The summed E-state index contributed by atoms with van der Waals surface area (Å²) >= 11 is 0. The molecule has 0 amide bonds. The Morgan fingerprint density at radius 2 is 0.808 bits per heavy atom. The summed E-state index contributed by atoms with van der Waals surface area (Å²) in [5.74, 6) is 0. The van der Waals surface area contributed by atoms with E-state index in [2.05, 4.69) is 303 Å². The molecule has 0 aliphatic carbocycles. The van der Waals surface area contributed by atoms with E-state index in [1.54, 1.807) is 0 Å². The van der Waals surface area contributed by atoms with Crippen LogP contribution in [0.25, 0.3) is 11.1 Å². The van der Waals surface area contributed by atoms with Crippen LogP contribution in [0.3, 0.4) is 0 Å². The van der Waals surface area contributed by atoms with Gasteiger partial charge in [-0.2, -0.15) is 0 Å². The highest BCUT2D eigenvalue weighted by Gasteiger charge is 2.45. The summed E-state index contributed by atoms with van der Waals surface area (Å²) in [5.41, 5.74) is 22.7. The van der Waals surface area contributed by atoms with Gasteiger partial charge >= 0.3 is 0 Å². The van der Waals surface area contributed by atoms with Gasteiger partial charge in [0.25, 0.3) is 6.71 Å². The third kappa shape index (κ3) is 8.55. The Balaban J connectivity index is 1.30. The highest BCUT2D eigenvalue weighted by molar-refractivity contribution is 7.00. The molecule has 0 bridgehead atoms. The van der Waals surface area contributed by atoms with E-state index in [9.17, 15) is 0 Å². The van der Waals surface area contributed by atoms with Crippen LogP contribution in [-0.4, -0.2) is 6.71 Å². The fourth-order valence-corrected chi connectivity index (χ4v) is 11.3. The zero-order chi connectivity index (χ0) is 51.0.